The standard InChI is InChI=1S/C16H22N2OS/c1-11(2)9-13-14(10-17)20-16(18-13)15(19-3)12-7-5-4-6-8-12/h4-8,11,15H,9-10,17H2,1-3H3. The molecular formula is C16H22N2OS. The molecule has 108 valence electrons. The number of benzene rings is 1. The maximum Gasteiger partial charge on any atom is 0.134 e. The van der Waals surface area contributed by atoms with Crippen LogP contribution in [0.1, 0.15) is 41.1 Å². The van der Waals surface area contributed by atoms with E-state index in [1.165, 1.54) is 4.88 Å². The quantitative estimate of drug-likeness (QED) is 0.885. The molecule has 1 heterocycles. The molecule has 0 spiro atoms. The number of rotatable bonds is 6. The van der Waals surface area contributed by atoms with Gasteiger partial charge in [-0.05, 0) is 17.9 Å². The lowest BCUT2D eigenvalue weighted by Crippen LogP contribution is -2.04. The van der Waals surface area contributed by atoms with Gasteiger partial charge in [-0.3, -0.25) is 0 Å². The number of aromatic nitrogens is 1. The van der Waals surface area contributed by atoms with Crippen molar-refractivity contribution in [2.24, 2.45) is 11.7 Å². The first-order valence-corrected chi connectivity index (χ1v) is 7.73. The van der Waals surface area contributed by atoms with Crippen LogP contribution in [0.3, 0.4) is 0 Å². The van der Waals surface area contributed by atoms with Gasteiger partial charge in [0.1, 0.15) is 11.1 Å². The van der Waals surface area contributed by atoms with Crippen LogP contribution in [0.5, 0.6) is 0 Å². The summed E-state index contributed by atoms with van der Waals surface area (Å²) in [7, 11) is 1.73. The Kier molecular flexibility index (Phi) is 5.29. The summed E-state index contributed by atoms with van der Waals surface area (Å²) in [5, 5.41) is 0.995. The average Bonchev–Trinajstić information content (AvgIpc) is 2.83. The number of hydrogen-bond acceptors (Lipinski definition) is 4. The minimum Gasteiger partial charge on any atom is -0.370 e. The largest absolute Gasteiger partial charge is 0.370 e. The van der Waals surface area contributed by atoms with Crippen LogP contribution in [-0.4, -0.2) is 12.1 Å². The molecule has 1 aromatic carbocycles. The van der Waals surface area contributed by atoms with Gasteiger partial charge in [0.05, 0.1) is 5.69 Å². The van der Waals surface area contributed by atoms with Crippen molar-refractivity contribution in [2.45, 2.75) is 32.9 Å². The highest BCUT2D eigenvalue weighted by molar-refractivity contribution is 7.11. The molecular weight excluding hydrogens is 268 g/mol. The monoisotopic (exact) mass is 290 g/mol. The minimum absolute atomic E-state index is 0.104. The van der Waals surface area contributed by atoms with E-state index in [1.807, 2.05) is 18.2 Å². The van der Waals surface area contributed by atoms with Crippen molar-refractivity contribution in [2.75, 3.05) is 7.11 Å². The molecule has 4 heteroatoms. The van der Waals surface area contributed by atoms with Crippen molar-refractivity contribution in [1.29, 1.82) is 0 Å². The molecule has 20 heavy (non-hydrogen) atoms. The number of hydrogen-bond donors (Lipinski definition) is 1. The van der Waals surface area contributed by atoms with Gasteiger partial charge in [-0.1, -0.05) is 44.2 Å². The molecule has 0 amide bonds. The summed E-state index contributed by atoms with van der Waals surface area (Å²) in [4.78, 5) is 5.96. The number of nitrogens with two attached hydrogens (primary N) is 1. The van der Waals surface area contributed by atoms with Gasteiger partial charge in [0.25, 0.3) is 0 Å². The van der Waals surface area contributed by atoms with Crippen LogP contribution in [0.15, 0.2) is 30.3 Å². The Labute approximate surface area is 124 Å². The van der Waals surface area contributed by atoms with Gasteiger partial charge in [-0.15, -0.1) is 11.3 Å². The predicted octanol–water partition coefficient (Wildman–Crippen LogP) is 3.54. The van der Waals surface area contributed by atoms with E-state index in [9.17, 15) is 0 Å². The van der Waals surface area contributed by atoms with E-state index in [4.69, 9.17) is 15.5 Å². The van der Waals surface area contributed by atoms with Gasteiger partial charge in [0.2, 0.25) is 0 Å². The second-order valence-corrected chi connectivity index (χ2v) is 6.37. The van der Waals surface area contributed by atoms with Gasteiger partial charge in [-0.25, -0.2) is 4.98 Å². The molecule has 0 fully saturated rings. The molecule has 1 atom stereocenters. The van der Waals surface area contributed by atoms with Gasteiger partial charge in [0.15, 0.2) is 0 Å². The van der Waals surface area contributed by atoms with E-state index in [-0.39, 0.29) is 6.10 Å². The van der Waals surface area contributed by atoms with Gasteiger partial charge in [0, 0.05) is 18.5 Å². The fourth-order valence-electron chi connectivity index (χ4n) is 2.23. The summed E-state index contributed by atoms with van der Waals surface area (Å²) in [6, 6.07) is 10.2. The van der Waals surface area contributed by atoms with Crippen LogP contribution in [0.25, 0.3) is 0 Å². The molecule has 0 saturated heterocycles. The second kappa shape index (κ2) is 6.97. The molecule has 2 rings (SSSR count). The molecule has 1 aromatic heterocycles. The first-order valence-electron chi connectivity index (χ1n) is 6.92. The number of methoxy groups -OCH3 is 1. The summed E-state index contributed by atoms with van der Waals surface area (Å²) in [5.41, 5.74) is 8.10. The fourth-order valence-corrected chi connectivity index (χ4v) is 3.31. The highest BCUT2D eigenvalue weighted by Gasteiger charge is 2.20. The third-order valence-electron chi connectivity index (χ3n) is 3.14. The lowest BCUT2D eigenvalue weighted by Gasteiger charge is -2.12. The van der Waals surface area contributed by atoms with Crippen molar-refractivity contribution >= 4 is 11.3 Å². The van der Waals surface area contributed by atoms with Crippen LogP contribution in [0.2, 0.25) is 0 Å². The van der Waals surface area contributed by atoms with Crippen molar-refractivity contribution in [1.82, 2.24) is 4.98 Å². The molecule has 2 aromatic rings. The second-order valence-electron chi connectivity index (χ2n) is 5.25. The summed E-state index contributed by atoms with van der Waals surface area (Å²) in [5.74, 6) is 0.577. The highest BCUT2D eigenvalue weighted by Crippen LogP contribution is 2.31. The van der Waals surface area contributed by atoms with Crippen LogP contribution in [-0.2, 0) is 17.7 Å². The number of ether oxygens (including phenoxy) is 1. The van der Waals surface area contributed by atoms with Crippen molar-refractivity contribution in [3.05, 3.63) is 51.5 Å². The highest BCUT2D eigenvalue weighted by atomic mass is 32.1. The Morgan fingerprint density at radius 2 is 1.95 bits per heavy atom. The first kappa shape index (κ1) is 15.2. The Hall–Kier alpha value is -1.23. The zero-order valence-corrected chi connectivity index (χ0v) is 13.1. The SMILES string of the molecule is COC(c1ccccc1)c1nc(CC(C)C)c(CN)s1. The van der Waals surface area contributed by atoms with Crippen LogP contribution in [0.4, 0.5) is 0 Å². The maximum atomic E-state index is 5.85. The molecule has 3 nitrogen and oxygen atoms in total. The molecule has 2 N–H and O–H groups in total. The third-order valence-corrected chi connectivity index (χ3v) is 4.31. The van der Waals surface area contributed by atoms with Gasteiger partial charge in [-0.2, -0.15) is 0 Å². The van der Waals surface area contributed by atoms with Gasteiger partial charge >= 0.3 is 0 Å². The zero-order chi connectivity index (χ0) is 14.5. The summed E-state index contributed by atoms with van der Waals surface area (Å²) < 4.78 is 5.65. The normalized spacial score (nSPS) is 12.8. The Morgan fingerprint density at radius 1 is 1.25 bits per heavy atom. The van der Waals surface area contributed by atoms with Crippen LogP contribution < -0.4 is 5.73 Å². The van der Waals surface area contributed by atoms with E-state index in [0.29, 0.717) is 12.5 Å². The van der Waals surface area contributed by atoms with E-state index in [0.717, 1.165) is 22.7 Å². The fraction of sp³-hybridized carbons (Fsp3) is 0.438. The Bertz CT molecular complexity index is 537. The zero-order valence-electron chi connectivity index (χ0n) is 12.3. The number of thiazole rings is 1. The molecule has 0 radical (unpaired) electrons. The molecule has 0 aliphatic heterocycles. The third kappa shape index (κ3) is 3.45. The molecule has 0 aliphatic carbocycles. The van der Waals surface area contributed by atoms with E-state index < -0.39 is 0 Å². The maximum absolute atomic E-state index is 5.85. The van der Waals surface area contributed by atoms with Crippen LogP contribution in [0, 0.1) is 5.92 Å². The summed E-state index contributed by atoms with van der Waals surface area (Å²) in [6.07, 6.45) is 0.862. The lowest BCUT2D eigenvalue weighted by atomic mass is 10.1. The van der Waals surface area contributed by atoms with E-state index in [1.54, 1.807) is 18.4 Å². The minimum atomic E-state index is -0.104. The molecule has 0 saturated carbocycles. The Balaban J connectivity index is 2.33. The summed E-state index contributed by atoms with van der Waals surface area (Å²) in [6.45, 7) is 4.94. The predicted molar refractivity (Wildman–Crippen MR) is 83.8 cm³/mol. The number of nitrogens with zero attached hydrogens (tertiary/aromatic N) is 1. The lowest BCUT2D eigenvalue weighted by molar-refractivity contribution is 0.136. The van der Waals surface area contributed by atoms with E-state index >= 15 is 0 Å². The molecule has 0 bridgehead atoms. The van der Waals surface area contributed by atoms with Crippen molar-refractivity contribution in [3.8, 4) is 0 Å². The van der Waals surface area contributed by atoms with Gasteiger partial charge < -0.3 is 10.5 Å². The first-order chi connectivity index (χ1) is 9.65. The molecule has 0 aliphatic rings. The average molecular weight is 290 g/mol. The van der Waals surface area contributed by atoms with Crippen molar-refractivity contribution < 1.29 is 4.74 Å². The van der Waals surface area contributed by atoms with Crippen molar-refractivity contribution in [3.63, 3.8) is 0 Å². The van der Waals surface area contributed by atoms with Crippen LogP contribution >= 0.6 is 11.3 Å². The summed E-state index contributed by atoms with van der Waals surface area (Å²) >= 11 is 1.67. The Morgan fingerprint density at radius 3 is 2.50 bits per heavy atom. The smallest absolute Gasteiger partial charge is 0.134 e. The van der Waals surface area contributed by atoms with E-state index in [2.05, 4.69) is 26.0 Å². The molecule has 1 unspecified atom stereocenters. The topological polar surface area (TPSA) is 48.1 Å².